The Kier molecular flexibility index (Phi) is 6.72. The van der Waals surface area contributed by atoms with Gasteiger partial charge in [-0.2, -0.15) is 0 Å². The van der Waals surface area contributed by atoms with Crippen LogP contribution in [0.4, 0.5) is 0 Å². The van der Waals surface area contributed by atoms with Crippen molar-refractivity contribution < 1.29 is 19.4 Å². The Hall–Kier alpha value is -2.04. The van der Waals surface area contributed by atoms with Crippen molar-refractivity contribution in [1.82, 2.24) is 5.32 Å². The molecule has 1 amide bonds. The van der Waals surface area contributed by atoms with Crippen LogP contribution in [-0.2, 0) is 4.79 Å². The molecule has 1 unspecified atom stereocenters. The number of carboxylic acid groups (broad SMARTS) is 1. The van der Waals surface area contributed by atoms with Gasteiger partial charge in [0.1, 0.15) is 11.8 Å². The van der Waals surface area contributed by atoms with Crippen LogP contribution in [0.15, 0.2) is 24.3 Å². The number of hydrogen-bond donors (Lipinski definition) is 2. The number of carbonyl (C=O) groups is 2. The molecule has 0 bridgehead atoms. The number of benzene rings is 1. The molecule has 1 aromatic rings. The maximum Gasteiger partial charge on any atom is 0.326 e. The molecule has 0 aliphatic heterocycles. The van der Waals surface area contributed by atoms with E-state index in [1.165, 1.54) is 0 Å². The number of ether oxygens (including phenoxy) is 1. The summed E-state index contributed by atoms with van der Waals surface area (Å²) in [5, 5.41) is 11.6. The predicted octanol–water partition coefficient (Wildman–Crippen LogP) is 2.70. The summed E-state index contributed by atoms with van der Waals surface area (Å²) in [4.78, 5) is 23.0. The number of carbonyl (C=O) groups excluding carboxylic acids is 1. The normalized spacial score (nSPS) is 12.0. The quantitative estimate of drug-likeness (QED) is 0.772. The summed E-state index contributed by atoms with van der Waals surface area (Å²) in [6, 6.07) is 5.85. The molecule has 116 valence electrons. The highest BCUT2D eigenvalue weighted by atomic mass is 16.5. The molecule has 21 heavy (non-hydrogen) atoms. The summed E-state index contributed by atoms with van der Waals surface area (Å²) in [5.41, 5.74) is 0.425. The van der Waals surface area contributed by atoms with Crippen LogP contribution in [0.1, 0.15) is 44.0 Å². The third-order valence-corrected chi connectivity index (χ3v) is 2.88. The van der Waals surface area contributed by atoms with E-state index in [9.17, 15) is 9.59 Å². The van der Waals surface area contributed by atoms with Crippen LogP contribution < -0.4 is 10.1 Å². The van der Waals surface area contributed by atoms with E-state index in [1.54, 1.807) is 24.3 Å². The van der Waals surface area contributed by atoms with Gasteiger partial charge in [0, 0.05) is 5.56 Å². The summed E-state index contributed by atoms with van der Waals surface area (Å²) in [6.07, 6.45) is 1.11. The number of amides is 1. The predicted molar refractivity (Wildman–Crippen MR) is 80.6 cm³/mol. The van der Waals surface area contributed by atoms with Crippen LogP contribution in [-0.4, -0.2) is 29.6 Å². The minimum atomic E-state index is -1.01. The Labute approximate surface area is 125 Å². The molecular weight excluding hydrogens is 270 g/mol. The second-order valence-corrected chi connectivity index (χ2v) is 5.38. The molecule has 2 N–H and O–H groups in total. The Bertz CT molecular complexity index is 468. The van der Waals surface area contributed by atoms with E-state index in [4.69, 9.17) is 9.84 Å². The molecule has 0 radical (unpaired) electrons. The Morgan fingerprint density at radius 2 is 1.86 bits per heavy atom. The summed E-state index contributed by atoms with van der Waals surface area (Å²) < 4.78 is 5.53. The van der Waals surface area contributed by atoms with E-state index in [-0.39, 0.29) is 5.91 Å². The topological polar surface area (TPSA) is 75.6 Å². The van der Waals surface area contributed by atoms with Gasteiger partial charge in [-0.1, -0.05) is 27.2 Å². The first-order valence-corrected chi connectivity index (χ1v) is 7.20. The number of hydrogen-bond acceptors (Lipinski definition) is 3. The van der Waals surface area contributed by atoms with Crippen molar-refractivity contribution in [2.75, 3.05) is 6.61 Å². The minimum Gasteiger partial charge on any atom is -0.493 e. The zero-order chi connectivity index (χ0) is 15.8. The molecule has 0 aromatic heterocycles. The van der Waals surface area contributed by atoms with E-state index in [2.05, 4.69) is 19.2 Å². The van der Waals surface area contributed by atoms with Gasteiger partial charge in [0.25, 0.3) is 5.91 Å². The van der Waals surface area contributed by atoms with Crippen LogP contribution >= 0.6 is 0 Å². The molecule has 0 saturated heterocycles. The lowest BCUT2D eigenvalue weighted by Crippen LogP contribution is -2.40. The molecule has 0 fully saturated rings. The minimum absolute atomic E-state index is 0.383. The lowest BCUT2D eigenvalue weighted by molar-refractivity contribution is -0.139. The van der Waals surface area contributed by atoms with Gasteiger partial charge in [0.15, 0.2) is 0 Å². The summed E-state index contributed by atoms with van der Waals surface area (Å²) in [5.74, 6) is -0.268. The molecule has 0 aliphatic rings. The molecule has 1 aromatic carbocycles. The number of carboxylic acids is 1. The van der Waals surface area contributed by atoms with E-state index in [0.29, 0.717) is 36.7 Å². The average molecular weight is 293 g/mol. The molecule has 5 heteroatoms. The molecular formula is C16H23NO4. The van der Waals surface area contributed by atoms with Gasteiger partial charge in [-0.3, -0.25) is 4.79 Å². The van der Waals surface area contributed by atoms with Gasteiger partial charge in [-0.05, 0) is 36.6 Å². The van der Waals surface area contributed by atoms with Crippen molar-refractivity contribution in [2.24, 2.45) is 5.92 Å². The maximum atomic E-state index is 12.0. The zero-order valence-electron chi connectivity index (χ0n) is 12.8. The second-order valence-electron chi connectivity index (χ2n) is 5.38. The van der Waals surface area contributed by atoms with E-state index >= 15 is 0 Å². The van der Waals surface area contributed by atoms with E-state index < -0.39 is 12.0 Å². The number of nitrogens with one attached hydrogen (secondary N) is 1. The molecule has 5 nitrogen and oxygen atoms in total. The Balaban J connectivity index is 2.63. The van der Waals surface area contributed by atoms with Gasteiger partial charge >= 0.3 is 5.97 Å². The first-order valence-electron chi connectivity index (χ1n) is 7.20. The van der Waals surface area contributed by atoms with Gasteiger partial charge in [0.2, 0.25) is 0 Å². The van der Waals surface area contributed by atoms with Crippen LogP contribution in [0.2, 0.25) is 0 Å². The average Bonchev–Trinajstić information content (AvgIpc) is 2.45. The lowest BCUT2D eigenvalue weighted by atomic mass is 10.1. The van der Waals surface area contributed by atoms with E-state index in [1.807, 2.05) is 6.92 Å². The van der Waals surface area contributed by atoms with Gasteiger partial charge in [-0.25, -0.2) is 4.79 Å². The summed E-state index contributed by atoms with van der Waals surface area (Å²) in [7, 11) is 0. The third kappa shape index (κ3) is 5.85. The lowest BCUT2D eigenvalue weighted by Gasteiger charge is -2.14. The van der Waals surface area contributed by atoms with Crippen LogP contribution in [0, 0.1) is 5.92 Å². The Morgan fingerprint density at radius 3 is 2.33 bits per heavy atom. The standard InChI is InChI=1S/C16H23NO4/c1-4-5-14(16(19)20)17-15(18)12-6-8-13(9-7-12)21-10-11(2)3/h6-9,11,14H,4-5,10H2,1-3H3,(H,17,18)(H,19,20). The van der Waals surface area contributed by atoms with Crippen molar-refractivity contribution in [3.8, 4) is 5.75 Å². The number of aliphatic carboxylic acids is 1. The molecule has 1 rings (SSSR count). The fraction of sp³-hybridized carbons (Fsp3) is 0.500. The summed E-state index contributed by atoms with van der Waals surface area (Å²) >= 11 is 0. The van der Waals surface area contributed by atoms with Crippen molar-refractivity contribution in [1.29, 1.82) is 0 Å². The van der Waals surface area contributed by atoms with Gasteiger partial charge in [-0.15, -0.1) is 0 Å². The van der Waals surface area contributed by atoms with E-state index in [0.717, 1.165) is 0 Å². The van der Waals surface area contributed by atoms with Gasteiger partial charge < -0.3 is 15.2 Å². The van der Waals surface area contributed by atoms with Crippen LogP contribution in [0.25, 0.3) is 0 Å². The molecule has 1 atom stereocenters. The molecule has 0 saturated carbocycles. The first kappa shape index (κ1) is 17.0. The van der Waals surface area contributed by atoms with Crippen molar-refractivity contribution in [2.45, 2.75) is 39.7 Å². The van der Waals surface area contributed by atoms with Crippen LogP contribution in [0.3, 0.4) is 0 Å². The highest BCUT2D eigenvalue weighted by Crippen LogP contribution is 2.13. The fourth-order valence-electron chi connectivity index (χ4n) is 1.75. The monoisotopic (exact) mass is 293 g/mol. The molecule has 0 spiro atoms. The summed E-state index contributed by atoms with van der Waals surface area (Å²) in [6.45, 7) is 6.61. The number of rotatable bonds is 8. The fourth-order valence-corrected chi connectivity index (χ4v) is 1.75. The maximum absolute atomic E-state index is 12.0. The van der Waals surface area contributed by atoms with Crippen LogP contribution in [0.5, 0.6) is 5.75 Å². The SMILES string of the molecule is CCCC(NC(=O)c1ccc(OCC(C)C)cc1)C(=O)O. The van der Waals surface area contributed by atoms with Crippen molar-refractivity contribution >= 4 is 11.9 Å². The zero-order valence-corrected chi connectivity index (χ0v) is 12.8. The van der Waals surface area contributed by atoms with Crippen molar-refractivity contribution in [3.05, 3.63) is 29.8 Å². The first-order chi connectivity index (χ1) is 9.93. The highest BCUT2D eigenvalue weighted by molar-refractivity contribution is 5.96. The third-order valence-electron chi connectivity index (χ3n) is 2.88. The molecule has 0 aliphatic carbocycles. The Morgan fingerprint density at radius 1 is 1.24 bits per heavy atom. The van der Waals surface area contributed by atoms with Crippen molar-refractivity contribution in [3.63, 3.8) is 0 Å². The molecule has 0 heterocycles. The van der Waals surface area contributed by atoms with Gasteiger partial charge in [0.05, 0.1) is 6.61 Å². The second kappa shape index (κ2) is 8.29. The highest BCUT2D eigenvalue weighted by Gasteiger charge is 2.19. The smallest absolute Gasteiger partial charge is 0.326 e. The largest absolute Gasteiger partial charge is 0.493 e.